The van der Waals surface area contributed by atoms with Crippen molar-refractivity contribution in [2.75, 3.05) is 38.1 Å². The molecular weight excluding hydrogens is 276 g/mol. The Morgan fingerprint density at radius 3 is 2.82 bits per heavy atom. The third-order valence-corrected chi connectivity index (χ3v) is 3.64. The van der Waals surface area contributed by atoms with Gasteiger partial charge in [0.2, 0.25) is 0 Å². The third kappa shape index (κ3) is 5.66. The molecule has 0 bridgehead atoms. The summed E-state index contributed by atoms with van der Waals surface area (Å²) in [5.41, 5.74) is 8.13. The number of nitrogens with zero attached hydrogens (tertiary/aromatic N) is 2. The quantitative estimate of drug-likeness (QED) is 0.646. The highest BCUT2D eigenvalue weighted by Gasteiger charge is 2.20. The predicted molar refractivity (Wildman–Crippen MR) is 92.3 cm³/mol. The summed E-state index contributed by atoms with van der Waals surface area (Å²) >= 11 is 0. The summed E-state index contributed by atoms with van der Waals surface area (Å²) in [4.78, 5) is 6.85. The number of hydrogen-bond donors (Lipinski definition) is 2. The molecule has 1 unspecified atom stereocenters. The zero-order chi connectivity index (χ0) is 15.9. The van der Waals surface area contributed by atoms with Crippen LogP contribution in [0, 0.1) is 12.8 Å². The maximum absolute atomic E-state index is 5.95. The number of guanidine groups is 1. The lowest BCUT2D eigenvalue weighted by molar-refractivity contribution is -0.0261. The molecule has 0 spiro atoms. The van der Waals surface area contributed by atoms with Gasteiger partial charge in [0.1, 0.15) is 0 Å². The van der Waals surface area contributed by atoms with E-state index in [0.717, 1.165) is 31.9 Å². The summed E-state index contributed by atoms with van der Waals surface area (Å²) in [6, 6.07) is 8.09. The highest BCUT2D eigenvalue weighted by molar-refractivity contribution is 5.92. The van der Waals surface area contributed by atoms with Gasteiger partial charge in [-0.05, 0) is 25.0 Å². The van der Waals surface area contributed by atoms with E-state index in [-0.39, 0.29) is 6.10 Å². The number of benzene rings is 1. The molecule has 0 saturated carbocycles. The van der Waals surface area contributed by atoms with E-state index in [4.69, 9.17) is 10.5 Å². The Kier molecular flexibility index (Phi) is 6.21. The van der Waals surface area contributed by atoms with Crippen LogP contribution >= 0.6 is 0 Å². The minimum Gasteiger partial charge on any atom is -0.374 e. The Morgan fingerprint density at radius 2 is 2.14 bits per heavy atom. The van der Waals surface area contributed by atoms with Gasteiger partial charge in [-0.1, -0.05) is 31.5 Å². The molecule has 1 saturated heterocycles. The van der Waals surface area contributed by atoms with Crippen molar-refractivity contribution in [2.24, 2.45) is 16.6 Å². The van der Waals surface area contributed by atoms with Gasteiger partial charge >= 0.3 is 0 Å². The molecule has 0 aromatic heterocycles. The van der Waals surface area contributed by atoms with Crippen molar-refractivity contribution < 1.29 is 4.74 Å². The van der Waals surface area contributed by atoms with Gasteiger partial charge < -0.3 is 15.8 Å². The van der Waals surface area contributed by atoms with Gasteiger partial charge in [-0.2, -0.15) is 0 Å². The van der Waals surface area contributed by atoms with Gasteiger partial charge in [0.15, 0.2) is 5.96 Å². The highest BCUT2D eigenvalue weighted by atomic mass is 16.5. The van der Waals surface area contributed by atoms with Crippen molar-refractivity contribution in [1.29, 1.82) is 0 Å². The molecular formula is C17H28N4O. The van der Waals surface area contributed by atoms with Crippen LogP contribution in [0.15, 0.2) is 29.3 Å². The zero-order valence-electron chi connectivity index (χ0n) is 13.9. The van der Waals surface area contributed by atoms with Crippen LogP contribution in [0.4, 0.5) is 5.69 Å². The Hall–Kier alpha value is -1.59. The van der Waals surface area contributed by atoms with Crippen molar-refractivity contribution in [1.82, 2.24) is 4.90 Å². The molecule has 1 aliphatic heterocycles. The van der Waals surface area contributed by atoms with Crippen LogP contribution in [0.25, 0.3) is 0 Å². The molecule has 2 rings (SSSR count). The maximum Gasteiger partial charge on any atom is 0.193 e. The highest BCUT2D eigenvalue weighted by Crippen LogP contribution is 2.10. The van der Waals surface area contributed by atoms with Crippen LogP contribution in [0.5, 0.6) is 0 Å². The molecule has 5 nitrogen and oxygen atoms in total. The maximum atomic E-state index is 5.95. The van der Waals surface area contributed by atoms with E-state index in [1.54, 1.807) is 0 Å². The number of nitrogens with two attached hydrogens (primary N) is 1. The number of morpholine rings is 1. The minimum atomic E-state index is 0.130. The summed E-state index contributed by atoms with van der Waals surface area (Å²) < 4.78 is 5.77. The van der Waals surface area contributed by atoms with Gasteiger partial charge in [0.25, 0.3) is 0 Å². The summed E-state index contributed by atoms with van der Waals surface area (Å²) in [5, 5.41) is 3.11. The van der Waals surface area contributed by atoms with Gasteiger partial charge in [-0.25, -0.2) is 0 Å². The van der Waals surface area contributed by atoms with Gasteiger partial charge in [-0.15, -0.1) is 0 Å². The zero-order valence-corrected chi connectivity index (χ0v) is 13.9. The molecule has 1 aromatic rings. The van der Waals surface area contributed by atoms with Gasteiger partial charge in [0.05, 0.1) is 19.3 Å². The van der Waals surface area contributed by atoms with E-state index in [9.17, 15) is 0 Å². The monoisotopic (exact) mass is 304 g/mol. The average Bonchev–Trinajstić information content (AvgIpc) is 2.47. The molecule has 1 aromatic carbocycles. The Morgan fingerprint density at radius 1 is 1.41 bits per heavy atom. The van der Waals surface area contributed by atoms with Crippen molar-refractivity contribution in [3.63, 3.8) is 0 Å². The molecule has 1 aliphatic rings. The molecule has 122 valence electrons. The van der Waals surface area contributed by atoms with E-state index in [1.165, 1.54) is 5.56 Å². The van der Waals surface area contributed by atoms with Crippen molar-refractivity contribution in [3.05, 3.63) is 29.8 Å². The number of ether oxygens (including phenoxy) is 1. The predicted octanol–water partition coefficient (Wildman–Crippen LogP) is 2.08. The van der Waals surface area contributed by atoms with Crippen LogP contribution in [0.1, 0.15) is 19.4 Å². The number of nitrogens with one attached hydrogen (secondary N) is 1. The second-order valence-corrected chi connectivity index (χ2v) is 6.36. The SMILES string of the molecule is Cc1ccc(NC(N)=NCC2CN(CC(C)C)CCO2)cc1. The minimum absolute atomic E-state index is 0.130. The molecule has 1 heterocycles. The number of aryl methyl sites for hydroxylation is 1. The second kappa shape index (κ2) is 8.15. The molecule has 5 heteroatoms. The largest absolute Gasteiger partial charge is 0.374 e. The number of rotatable bonds is 5. The summed E-state index contributed by atoms with van der Waals surface area (Å²) in [6.07, 6.45) is 0.130. The first-order valence-electron chi connectivity index (χ1n) is 8.00. The number of anilines is 1. The van der Waals surface area contributed by atoms with E-state index in [2.05, 4.69) is 36.0 Å². The second-order valence-electron chi connectivity index (χ2n) is 6.36. The smallest absolute Gasteiger partial charge is 0.193 e. The lowest BCUT2D eigenvalue weighted by atomic mass is 10.2. The first-order chi connectivity index (χ1) is 10.5. The van der Waals surface area contributed by atoms with Gasteiger partial charge in [0, 0.05) is 25.3 Å². The molecule has 0 amide bonds. The van der Waals surface area contributed by atoms with E-state index in [0.29, 0.717) is 18.4 Å². The standard InChI is InChI=1S/C17H28N4O/c1-13(2)11-21-8-9-22-16(12-21)10-19-17(18)20-15-6-4-14(3)5-7-15/h4-7,13,16H,8-12H2,1-3H3,(H3,18,19,20). The number of aliphatic imine (C=N–C) groups is 1. The lowest BCUT2D eigenvalue weighted by Crippen LogP contribution is -2.45. The van der Waals surface area contributed by atoms with E-state index in [1.807, 2.05) is 24.3 Å². The normalized spacial score (nSPS) is 20.4. The van der Waals surface area contributed by atoms with Crippen LogP contribution in [-0.2, 0) is 4.74 Å². The van der Waals surface area contributed by atoms with Crippen molar-refractivity contribution in [3.8, 4) is 0 Å². The van der Waals surface area contributed by atoms with E-state index >= 15 is 0 Å². The fraction of sp³-hybridized carbons (Fsp3) is 0.588. The van der Waals surface area contributed by atoms with Crippen LogP contribution in [0.2, 0.25) is 0 Å². The Balaban J connectivity index is 1.81. The van der Waals surface area contributed by atoms with Crippen molar-refractivity contribution in [2.45, 2.75) is 26.9 Å². The lowest BCUT2D eigenvalue weighted by Gasteiger charge is -2.33. The summed E-state index contributed by atoms with van der Waals surface area (Å²) in [6.45, 7) is 11.0. The molecule has 0 aliphatic carbocycles. The summed E-state index contributed by atoms with van der Waals surface area (Å²) in [5.74, 6) is 1.11. The fourth-order valence-electron chi connectivity index (χ4n) is 2.60. The molecule has 22 heavy (non-hydrogen) atoms. The van der Waals surface area contributed by atoms with Crippen LogP contribution < -0.4 is 11.1 Å². The molecule has 0 radical (unpaired) electrons. The third-order valence-electron chi connectivity index (χ3n) is 3.64. The topological polar surface area (TPSA) is 62.9 Å². The first kappa shape index (κ1) is 16.8. The van der Waals surface area contributed by atoms with Crippen LogP contribution in [-0.4, -0.2) is 49.7 Å². The Bertz CT molecular complexity index is 484. The average molecular weight is 304 g/mol. The Labute approximate surface area is 133 Å². The summed E-state index contributed by atoms with van der Waals surface area (Å²) in [7, 11) is 0. The first-order valence-corrected chi connectivity index (χ1v) is 8.00. The molecule has 1 fully saturated rings. The number of hydrogen-bond acceptors (Lipinski definition) is 3. The molecule has 3 N–H and O–H groups in total. The van der Waals surface area contributed by atoms with Crippen LogP contribution in [0.3, 0.4) is 0 Å². The van der Waals surface area contributed by atoms with Gasteiger partial charge in [-0.3, -0.25) is 9.89 Å². The fourth-order valence-corrected chi connectivity index (χ4v) is 2.60. The van der Waals surface area contributed by atoms with E-state index < -0.39 is 0 Å². The van der Waals surface area contributed by atoms with Crippen molar-refractivity contribution >= 4 is 11.6 Å². The molecule has 1 atom stereocenters.